The number of benzene rings is 1. The molecule has 0 aliphatic rings. The van der Waals surface area contributed by atoms with Gasteiger partial charge in [-0.05, 0) is 31.5 Å². The monoisotopic (exact) mass is 325 g/mol. The molecule has 0 saturated heterocycles. The average molecular weight is 325 g/mol. The van der Waals surface area contributed by atoms with Crippen molar-refractivity contribution in [3.63, 3.8) is 0 Å². The molecule has 0 spiro atoms. The molecule has 1 amide bonds. The van der Waals surface area contributed by atoms with Gasteiger partial charge in [-0.15, -0.1) is 0 Å². The number of nitrogens with zero attached hydrogens (tertiary/aromatic N) is 2. The molecule has 0 bridgehead atoms. The van der Waals surface area contributed by atoms with Crippen molar-refractivity contribution in [2.45, 2.75) is 30.3 Å². The maximum atomic E-state index is 12.4. The number of imidazole rings is 1. The van der Waals surface area contributed by atoms with Gasteiger partial charge < -0.3 is 5.32 Å². The minimum atomic E-state index is -0.216. The van der Waals surface area contributed by atoms with Gasteiger partial charge in [-0.25, -0.2) is 4.98 Å². The second kappa shape index (κ2) is 6.87. The zero-order valence-electron chi connectivity index (χ0n) is 13.1. The molecule has 0 aliphatic carbocycles. The van der Waals surface area contributed by atoms with Crippen LogP contribution in [-0.4, -0.2) is 20.5 Å². The van der Waals surface area contributed by atoms with Gasteiger partial charge in [-0.3, -0.25) is 9.20 Å². The van der Waals surface area contributed by atoms with Crippen LogP contribution in [-0.2, 0) is 4.79 Å². The van der Waals surface area contributed by atoms with Gasteiger partial charge in [0.25, 0.3) is 0 Å². The van der Waals surface area contributed by atoms with E-state index in [2.05, 4.69) is 10.3 Å². The van der Waals surface area contributed by atoms with E-state index < -0.39 is 0 Å². The van der Waals surface area contributed by atoms with Crippen LogP contribution in [0.2, 0.25) is 0 Å². The van der Waals surface area contributed by atoms with Crippen molar-refractivity contribution in [1.82, 2.24) is 14.7 Å². The predicted octanol–water partition coefficient (Wildman–Crippen LogP) is 3.69. The van der Waals surface area contributed by atoms with E-state index in [0.29, 0.717) is 0 Å². The van der Waals surface area contributed by atoms with Crippen molar-refractivity contribution in [3.05, 3.63) is 66.5 Å². The van der Waals surface area contributed by atoms with Gasteiger partial charge in [0.15, 0.2) is 5.16 Å². The molecule has 2 heterocycles. The van der Waals surface area contributed by atoms with Gasteiger partial charge in [-0.2, -0.15) is 0 Å². The molecule has 0 unspecified atom stereocenters. The minimum Gasteiger partial charge on any atom is -0.349 e. The van der Waals surface area contributed by atoms with Crippen molar-refractivity contribution in [1.29, 1.82) is 0 Å². The van der Waals surface area contributed by atoms with E-state index in [0.717, 1.165) is 16.2 Å². The molecule has 3 rings (SSSR count). The van der Waals surface area contributed by atoms with Crippen LogP contribution in [0, 0.1) is 0 Å². The fourth-order valence-corrected chi connectivity index (χ4v) is 3.26. The van der Waals surface area contributed by atoms with Crippen LogP contribution in [0.25, 0.3) is 5.52 Å². The van der Waals surface area contributed by atoms with Crippen LogP contribution in [0.5, 0.6) is 0 Å². The smallest absolute Gasteiger partial charge is 0.233 e. The molecule has 0 saturated carbocycles. The molecular weight excluding hydrogens is 306 g/mol. The summed E-state index contributed by atoms with van der Waals surface area (Å²) in [5.74, 6) is 0.0130. The Balaban J connectivity index is 1.66. The molecule has 0 radical (unpaired) electrons. The lowest BCUT2D eigenvalue weighted by molar-refractivity contribution is -0.120. The average Bonchev–Trinajstić information content (AvgIpc) is 2.98. The van der Waals surface area contributed by atoms with Gasteiger partial charge in [0.05, 0.1) is 23.0 Å². The quantitative estimate of drug-likeness (QED) is 0.728. The first kappa shape index (κ1) is 15.6. The summed E-state index contributed by atoms with van der Waals surface area (Å²) in [7, 11) is 0. The van der Waals surface area contributed by atoms with Crippen LogP contribution >= 0.6 is 11.8 Å². The summed E-state index contributed by atoms with van der Waals surface area (Å²) >= 11 is 1.46. The molecular formula is C18H19N3OS. The largest absolute Gasteiger partial charge is 0.349 e. The molecule has 2 aromatic heterocycles. The van der Waals surface area contributed by atoms with Gasteiger partial charge in [0.2, 0.25) is 5.91 Å². The Kier molecular flexibility index (Phi) is 4.67. The van der Waals surface area contributed by atoms with E-state index in [1.807, 2.05) is 79.2 Å². The van der Waals surface area contributed by atoms with E-state index in [1.54, 1.807) is 0 Å². The Labute approximate surface area is 139 Å². The number of thioether (sulfide) groups is 1. The molecule has 3 aromatic rings. The van der Waals surface area contributed by atoms with Gasteiger partial charge in [0.1, 0.15) is 0 Å². The first-order valence-electron chi connectivity index (χ1n) is 7.59. The Hall–Kier alpha value is -2.27. The number of nitrogens with one attached hydrogen (secondary N) is 1. The van der Waals surface area contributed by atoms with Crippen LogP contribution in [0.4, 0.5) is 0 Å². The fraction of sp³-hybridized carbons (Fsp3) is 0.222. The van der Waals surface area contributed by atoms with Crippen LogP contribution < -0.4 is 5.32 Å². The SMILES string of the molecule is C[C@H](NC(=O)[C@@H](C)Sc1ncc2ccccn12)c1ccccc1. The number of pyridine rings is 1. The zero-order chi connectivity index (χ0) is 16.2. The molecule has 5 heteroatoms. The van der Waals surface area contributed by atoms with Gasteiger partial charge in [-0.1, -0.05) is 48.2 Å². The highest BCUT2D eigenvalue weighted by Gasteiger charge is 2.19. The lowest BCUT2D eigenvalue weighted by atomic mass is 10.1. The maximum absolute atomic E-state index is 12.4. The Bertz CT molecular complexity index is 800. The van der Waals surface area contributed by atoms with E-state index in [4.69, 9.17) is 0 Å². The minimum absolute atomic E-state index is 0.0104. The Morgan fingerprint density at radius 2 is 1.87 bits per heavy atom. The Morgan fingerprint density at radius 1 is 1.13 bits per heavy atom. The third-order valence-electron chi connectivity index (χ3n) is 3.71. The zero-order valence-corrected chi connectivity index (χ0v) is 14.0. The second-order valence-electron chi connectivity index (χ2n) is 5.44. The first-order chi connectivity index (χ1) is 11.1. The molecule has 0 aliphatic heterocycles. The summed E-state index contributed by atoms with van der Waals surface area (Å²) in [6.45, 7) is 3.90. The lowest BCUT2D eigenvalue weighted by Gasteiger charge is -2.17. The van der Waals surface area contributed by atoms with Crippen molar-refractivity contribution in [3.8, 4) is 0 Å². The lowest BCUT2D eigenvalue weighted by Crippen LogP contribution is -2.33. The van der Waals surface area contributed by atoms with Crippen molar-refractivity contribution >= 4 is 23.2 Å². The fourth-order valence-electron chi connectivity index (χ4n) is 2.37. The number of carbonyl (C=O) groups is 1. The van der Waals surface area contributed by atoms with Gasteiger partial charge in [0, 0.05) is 6.20 Å². The molecule has 118 valence electrons. The summed E-state index contributed by atoms with van der Waals surface area (Å²) in [6, 6.07) is 15.9. The number of aromatic nitrogens is 2. The topological polar surface area (TPSA) is 46.4 Å². The summed E-state index contributed by atoms with van der Waals surface area (Å²) < 4.78 is 2.00. The third kappa shape index (κ3) is 3.56. The van der Waals surface area contributed by atoms with Crippen molar-refractivity contribution < 1.29 is 4.79 Å². The maximum Gasteiger partial charge on any atom is 0.233 e. The number of hydrogen-bond donors (Lipinski definition) is 1. The molecule has 1 aromatic carbocycles. The van der Waals surface area contributed by atoms with E-state index >= 15 is 0 Å². The number of carbonyl (C=O) groups excluding carboxylic acids is 1. The Morgan fingerprint density at radius 3 is 2.65 bits per heavy atom. The van der Waals surface area contributed by atoms with Gasteiger partial charge >= 0.3 is 0 Å². The molecule has 4 nitrogen and oxygen atoms in total. The highest BCUT2D eigenvalue weighted by atomic mass is 32.2. The normalized spacial score (nSPS) is 13.7. The predicted molar refractivity (Wildman–Crippen MR) is 93.5 cm³/mol. The number of fused-ring (bicyclic) bond motifs is 1. The number of hydrogen-bond acceptors (Lipinski definition) is 3. The van der Waals surface area contributed by atoms with Crippen molar-refractivity contribution in [2.24, 2.45) is 0 Å². The second-order valence-corrected chi connectivity index (χ2v) is 6.75. The third-order valence-corrected chi connectivity index (χ3v) is 4.80. The number of amides is 1. The standard InChI is InChI=1S/C18H19N3OS/c1-13(15-8-4-3-5-9-15)20-17(22)14(2)23-18-19-12-16-10-6-7-11-21(16)18/h3-14H,1-2H3,(H,20,22)/t13-,14+/m0/s1. The summed E-state index contributed by atoms with van der Waals surface area (Å²) in [5, 5.41) is 3.67. The summed E-state index contributed by atoms with van der Waals surface area (Å²) in [5.41, 5.74) is 2.13. The first-order valence-corrected chi connectivity index (χ1v) is 8.47. The molecule has 0 fully saturated rings. The van der Waals surface area contributed by atoms with E-state index in [-0.39, 0.29) is 17.2 Å². The van der Waals surface area contributed by atoms with Crippen LogP contribution in [0.1, 0.15) is 25.5 Å². The highest BCUT2D eigenvalue weighted by molar-refractivity contribution is 8.00. The van der Waals surface area contributed by atoms with E-state index in [1.165, 1.54) is 11.8 Å². The molecule has 2 atom stereocenters. The van der Waals surface area contributed by atoms with Crippen LogP contribution in [0.15, 0.2) is 66.1 Å². The van der Waals surface area contributed by atoms with Crippen LogP contribution in [0.3, 0.4) is 0 Å². The molecule has 1 N–H and O–H groups in total. The van der Waals surface area contributed by atoms with E-state index in [9.17, 15) is 4.79 Å². The summed E-state index contributed by atoms with van der Waals surface area (Å²) in [6.07, 6.45) is 3.78. The summed E-state index contributed by atoms with van der Waals surface area (Å²) in [4.78, 5) is 16.8. The molecule has 23 heavy (non-hydrogen) atoms. The highest BCUT2D eigenvalue weighted by Crippen LogP contribution is 2.24. The van der Waals surface area contributed by atoms with Crippen molar-refractivity contribution in [2.75, 3.05) is 0 Å². The number of rotatable bonds is 5.